The number of halogens is 1. The van der Waals surface area contributed by atoms with Gasteiger partial charge in [0.05, 0.1) is 11.5 Å². The highest BCUT2D eigenvalue weighted by Gasteiger charge is 2.36. The van der Waals surface area contributed by atoms with Crippen LogP contribution in [0, 0.1) is 6.92 Å². The molecule has 1 fully saturated rings. The summed E-state index contributed by atoms with van der Waals surface area (Å²) in [5.74, 6) is -1.96. The fourth-order valence-electron chi connectivity index (χ4n) is 3.04. The standard InChI is InChI=1S/C23H21ClN2O7S/c1-3-32-17-6-4-5-14(21(17)33-12-20(28)29)9-18-22(30)26(23(31)34-18)11-19(27)25-16-10-15(24)8-7-13(16)2/h4-10H,3,11-12H2,1-2H3,(H,25,27)(H,28,29)/b18-9-. The molecule has 3 amide bonds. The lowest BCUT2D eigenvalue weighted by Crippen LogP contribution is -2.36. The maximum absolute atomic E-state index is 12.9. The topological polar surface area (TPSA) is 122 Å². The first-order chi connectivity index (χ1) is 16.2. The van der Waals surface area contributed by atoms with Crippen molar-refractivity contribution in [3.63, 3.8) is 0 Å². The third-order valence-corrected chi connectivity index (χ3v) is 5.73. The fraction of sp³-hybridized carbons (Fsp3) is 0.217. The second kappa shape index (κ2) is 11.1. The molecule has 3 rings (SSSR count). The quantitative estimate of drug-likeness (QED) is 0.487. The SMILES string of the molecule is CCOc1cccc(/C=C2\SC(=O)N(CC(=O)Nc3cc(Cl)ccc3C)C2=O)c1OCC(=O)O. The van der Waals surface area contributed by atoms with Gasteiger partial charge < -0.3 is 19.9 Å². The zero-order valence-corrected chi connectivity index (χ0v) is 19.9. The second-order valence-electron chi connectivity index (χ2n) is 7.07. The second-order valence-corrected chi connectivity index (χ2v) is 8.49. The molecule has 0 aromatic heterocycles. The molecule has 1 aliphatic heterocycles. The molecule has 0 aliphatic carbocycles. The number of thioether (sulfide) groups is 1. The van der Waals surface area contributed by atoms with Gasteiger partial charge in [-0.2, -0.15) is 0 Å². The van der Waals surface area contributed by atoms with Gasteiger partial charge in [0, 0.05) is 16.3 Å². The Labute approximate surface area is 204 Å². The number of nitrogens with one attached hydrogen (secondary N) is 1. The molecule has 2 aromatic carbocycles. The lowest BCUT2D eigenvalue weighted by molar-refractivity contribution is -0.139. The molecule has 9 nitrogen and oxygen atoms in total. The van der Waals surface area contributed by atoms with Gasteiger partial charge in [-0.05, 0) is 55.4 Å². The van der Waals surface area contributed by atoms with Crippen LogP contribution < -0.4 is 14.8 Å². The lowest BCUT2D eigenvalue weighted by Gasteiger charge is -2.14. The van der Waals surface area contributed by atoms with E-state index < -0.39 is 36.2 Å². The predicted molar refractivity (Wildman–Crippen MR) is 128 cm³/mol. The number of imide groups is 1. The molecule has 0 saturated carbocycles. The van der Waals surface area contributed by atoms with Crippen LogP contribution in [0.4, 0.5) is 10.5 Å². The summed E-state index contributed by atoms with van der Waals surface area (Å²) in [5, 5.41) is 11.4. The van der Waals surface area contributed by atoms with Crippen LogP contribution in [0.2, 0.25) is 5.02 Å². The number of benzene rings is 2. The fourth-order valence-corrected chi connectivity index (χ4v) is 4.05. The number of hydrogen-bond donors (Lipinski definition) is 2. The van der Waals surface area contributed by atoms with Crippen molar-refractivity contribution in [1.82, 2.24) is 4.90 Å². The molecule has 178 valence electrons. The van der Waals surface area contributed by atoms with Gasteiger partial charge in [0.25, 0.3) is 11.1 Å². The van der Waals surface area contributed by atoms with Crippen LogP contribution in [-0.2, 0) is 14.4 Å². The van der Waals surface area contributed by atoms with Crippen LogP contribution in [0.1, 0.15) is 18.1 Å². The summed E-state index contributed by atoms with van der Waals surface area (Å²) in [5.41, 5.74) is 1.61. The van der Waals surface area contributed by atoms with Crippen LogP contribution >= 0.6 is 23.4 Å². The van der Waals surface area contributed by atoms with Crippen LogP contribution in [-0.4, -0.2) is 52.8 Å². The van der Waals surface area contributed by atoms with Gasteiger partial charge in [0.1, 0.15) is 6.54 Å². The van der Waals surface area contributed by atoms with E-state index >= 15 is 0 Å². The summed E-state index contributed by atoms with van der Waals surface area (Å²) < 4.78 is 10.9. The molecule has 34 heavy (non-hydrogen) atoms. The molecule has 0 radical (unpaired) electrons. The van der Waals surface area contributed by atoms with Crippen molar-refractivity contribution < 1.29 is 33.8 Å². The molecular weight excluding hydrogens is 484 g/mol. The first kappa shape index (κ1) is 25.1. The third kappa shape index (κ3) is 6.09. The maximum atomic E-state index is 12.9. The van der Waals surface area contributed by atoms with E-state index in [0.717, 1.165) is 10.5 Å². The number of carboxylic acids is 1. The Kier molecular flexibility index (Phi) is 8.19. The molecule has 0 atom stereocenters. The number of anilines is 1. The van der Waals surface area contributed by atoms with Gasteiger partial charge in [0.2, 0.25) is 5.91 Å². The van der Waals surface area contributed by atoms with E-state index in [0.29, 0.717) is 40.4 Å². The third-order valence-electron chi connectivity index (χ3n) is 4.58. The minimum atomic E-state index is -1.18. The normalized spacial score (nSPS) is 14.4. The number of aryl methyl sites for hydroxylation is 1. The van der Waals surface area contributed by atoms with Gasteiger partial charge in [-0.25, -0.2) is 4.79 Å². The van der Waals surface area contributed by atoms with Crippen LogP contribution in [0.3, 0.4) is 0 Å². The van der Waals surface area contributed by atoms with Crippen molar-refractivity contribution in [2.24, 2.45) is 0 Å². The molecule has 0 bridgehead atoms. The summed E-state index contributed by atoms with van der Waals surface area (Å²) in [6, 6.07) is 9.85. The van der Waals surface area contributed by atoms with Crippen molar-refractivity contribution in [3.8, 4) is 11.5 Å². The number of para-hydroxylation sites is 1. The predicted octanol–water partition coefficient (Wildman–Crippen LogP) is 4.19. The van der Waals surface area contributed by atoms with Gasteiger partial charge in [-0.3, -0.25) is 19.3 Å². The average Bonchev–Trinajstić information content (AvgIpc) is 3.03. The summed E-state index contributed by atoms with van der Waals surface area (Å²) in [6.07, 6.45) is 1.41. The Balaban J connectivity index is 1.80. The maximum Gasteiger partial charge on any atom is 0.341 e. The summed E-state index contributed by atoms with van der Waals surface area (Å²) >= 11 is 6.63. The number of ether oxygens (including phenoxy) is 2. The van der Waals surface area contributed by atoms with Gasteiger partial charge >= 0.3 is 5.97 Å². The van der Waals surface area contributed by atoms with E-state index in [-0.39, 0.29) is 10.7 Å². The smallest absolute Gasteiger partial charge is 0.341 e. The highest BCUT2D eigenvalue weighted by molar-refractivity contribution is 8.18. The molecule has 11 heteroatoms. The number of carbonyl (C=O) groups excluding carboxylic acids is 3. The van der Waals surface area contributed by atoms with Crippen molar-refractivity contribution in [1.29, 1.82) is 0 Å². The molecule has 0 spiro atoms. The highest BCUT2D eigenvalue weighted by Crippen LogP contribution is 2.37. The Morgan fingerprint density at radius 1 is 1.21 bits per heavy atom. The van der Waals surface area contributed by atoms with E-state index in [4.69, 9.17) is 26.2 Å². The Morgan fingerprint density at radius 3 is 2.68 bits per heavy atom. The summed E-state index contributed by atoms with van der Waals surface area (Å²) in [4.78, 5) is 49.7. The van der Waals surface area contributed by atoms with Crippen molar-refractivity contribution in [2.45, 2.75) is 13.8 Å². The van der Waals surface area contributed by atoms with Crippen molar-refractivity contribution in [2.75, 3.05) is 25.1 Å². The molecule has 1 aliphatic rings. The first-order valence-corrected chi connectivity index (χ1v) is 11.3. The van der Waals surface area contributed by atoms with E-state index in [1.54, 1.807) is 50.2 Å². The van der Waals surface area contributed by atoms with Gasteiger partial charge in [-0.15, -0.1) is 0 Å². The van der Waals surface area contributed by atoms with Crippen LogP contribution in [0.25, 0.3) is 6.08 Å². The van der Waals surface area contributed by atoms with Gasteiger partial charge in [0.15, 0.2) is 18.1 Å². The molecule has 1 heterocycles. The van der Waals surface area contributed by atoms with E-state index in [1.165, 1.54) is 6.08 Å². The van der Waals surface area contributed by atoms with E-state index in [2.05, 4.69) is 5.32 Å². The zero-order chi connectivity index (χ0) is 24.8. The Hall–Kier alpha value is -3.50. The number of hydrogen-bond acceptors (Lipinski definition) is 7. The average molecular weight is 505 g/mol. The van der Waals surface area contributed by atoms with Crippen LogP contribution in [0.15, 0.2) is 41.3 Å². The monoisotopic (exact) mass is 504 g/mol. The number of amides is 3. The number of rotatable bonds is 9. The summed E-state index contributed by atoms with van der Waals surface area (Å²) in [6.45, 7) is 2.76. The molecule has 0 unspecified atom stereocenters. The Bertz CT molecular complexity index is 1180. The largest absolute Gasteiger partial charge is 0.490 e. The minimum absolute atomic E-state index is 0.0607. The van der Waals surface area contributed by atoms with E-state index in [9.17, 15) is 19.2 Å². The number of carboxylic acid groups (broad SMARTS) is 1. The molecule has 2 N–H and O–H groups in total. The Morgan fingerprint density at radius 2 is 1.97 bits per heavy atom. The van der Waals surface area contributed by atoms with Crippen molar-refractivity contribution >= 4 is 58.1 Å². The van der Waals surface area contributed by atoms with Gasteiger partial charge in [-0.1, -0.05) is 29.8 Å². The minimum Gasteiger partial charge on any atom is -0.490 e. The van der Waals surface area contributed by atoms with E-state index in [1.807, 2.05) is 0 Å². The number of carbonyl (C=O) groups is 4. The lowest BCUT2D eigenvalue weighted by atomic mass is 10.1. The molecular formula is C23H21ClN2O7S. The highest BCUT2D eigenvalue weighted by atomic mass is 35.5. The number of aliphatic carboxylic acids is 1. The number of nitrogens with zero attached hydrogens (tertiary/aromatic N) is 1. The zero-order valence-electron chi connectivity index (χ0n) is 18.3. The molecule has 1 saturated heterocycles. The first-order valence-electron chi connectivity index (χ1n) is 10.1. The summed E-state index contributed by atoms with van der Waals surface area (Å²) in [7, 11) is 0. The molecule has 2 aromatic rings. The van der Waals surface area contributed by atoms with Crippen molar-refractivity contribution in [3.05, 3.63) is 57.5 Å². The van der Waals surface area contributed by atoms with Crippen LogP contribution in [0.5, 0.6) is 11.5 Å².